The van der Waals surface area contributed by atoms with Gasteiger partial charge in [0.1, 0.15) is 0 Å². The largest absolute Gasteiger partial charge is 0.481 e. The number of carbonyl (C=O) groups is 2. The highest BCUT2D eigenvalue weighted by Gasteiger charge is 2.39. The molecule has 1 heterocycles. The van der Waals surface area contributed by atoms with Gasteiger partial charge in [-0.15, -0.1) is 0 Å². The molecule has 0 aromatic rings. The van der Waals surface area contributed by atoms with Gasteiger partial charge in [0, 0.05) is 19.0 Å². The maximum absolute atomic E-state index is 11.7. The number of piperidine rings is 1. The zero-order chi connectivity index (χ0) is 10.8. The van der Waals surface area contributed by atoms with E-state index in [1.54, 1.807) is 0 Å². The molecule has 0 radical (unpaired) electrons. The van der Waals surface area contributed by atoms with Gasteiger partial charge in [-0.2, -0.15) is 0 Å². The normalized spacial score (nSPS) is 32.0. The van der Waals surface area contributed by atoms with E-state index in [1.165, 1.54) is 0 Å². The standard InChI is InChI=1S/C11H17NO3/c13-10-6-1-2-7-12(10)9-5-3-4-8(9)11(14)15/h8-9H,1-7H2,(H,14,15). The van der Waals surface area contributed by atoms with Crippen molar-refractivity contribution in [2.24, 2.45) is 5.92 Å². The molecule has 2 aliphatic rings. The van der Waals surface area contributed by atoms with Crippen LogP contribution in [-0.2, 0) is 9.59 Å². The van der Waals surface area contributed by atoms with E-state index in [-0.39, 0.29) is 17.9 Å². The molecule has 0 aromatic carbocycles. The SMILES string of the molecule is O=C(O)C1CCCC1N1CCCCC1=O. The second kappa shape index (κ2) is 4.21. The lowest BCUT2D eigenvalue weighted by atomic mass is 9.99. The zero-order valence-corrected chi connectivity index (χ0v) is 8.82. The molecule has 2 rings (SSSR count). The smallest absolute Gasteiger partial charge is 0.308 e. The van der Waals surface area contributed by atoms with Crippen molar-refractivity contribution in [2.45, 2.75) is 44.6 Å². The van der Waals surface area contributed by atoms with E-state index in [9.17, 15) is 9.59 Å². The van der Waals surface area contributed by atoms with Crippen LogP contribution < -0.4 is 0 Å². The lowest BCUT2D eigenvalue weighted by molar-refractivity contribution is -0.146. The molecule has 1 amide bonds. The van der Waals surface area contributed by atoms with Gasteiger partial charge in [0.05, 0.1) is 5.92 Å². The summed E-state index contributed by atoms with van der Waals surface area (Å²) in [6, 6.07) is -0.0321. The maximum Gasteiger partial charge on any atom is 0.308 e. The Morgan fingerprint density at radius 1 is 1.27 bits per heavy atom. The van der Waals surface area contributed by atoms with Crippen molar-refractivity contribution in [1.29, 1.82) is 0 Å². The third-order valence-electron chi connectivity index (χ3n) is 3.56. The lowest BCUT2D eigenvalue weighted by Gasteiger charge is -2.34. The average Bonchev–Trinajstić information content (AvgIpc) is 2.67. The van der Waals surface area contributed by atoms with Gasteiger partial charge >= 0.3 is 5.97 Å². The van der Waals surface area contributed by atoms with Crippen LogP contribution in [0.25, 0.3) is 0 Å². The molecule has 4 nitrogen and oxygen atoms in total. The van der Waals surface area contributed by atoms with E-state index in [2.05, 4.69) is 0 Å². The van der Waals surface area contributed by atoms with Gasteiger partial charge in [0.15, 0.2) is 0 Å². The summed E-state index contributed by atoms with van der Waals surface area (Å²) in [6.45, 7) is 0.757. The summed E-state index contributed by atoms with van der Waals surface area (Å²) in [5.74, 6) is -0.915. The number of nitrogens with zero attached hydrogens (tertiary/aromatic N) is 1. The molecule has 2 unspecified atom stereocenters. The van der Waals surface area contributed by atoms with Crippen molar-refractivity contribution >= 4 is 11.9 Å². The Bertz CT molecular complexity index is 277. The predicted octanol–water partition coefficient (Wildman–Crippen LogP) is 1.25. The van der Waals surface area contributed by atoms with Crippen LogP contribution in [0.15, 0.2) is 0 Å². The summed E-state index contributed by atoms with van der Waals surface area (Å²) in [6.07, 6.45) is 5.11. The van der Waals surface area contributed by atoms with Crippen molar-refractivity contribution in [2.75, 3.05) is 6.54 Å². The molecule has 1 saturated carbocycles. The molecular formula is C11H17NO3. The number of amides is 1. The fourth-order valence-electron chi connectivity index (χ4n) is 2.78. The van der Waals surface area contributed by atoms with Gasteiger partial charge in [0.2, 0.25) is 5.91 Å². The third kappa shape index (κ3) is 1.98. The molecule has 4 heteroatoms. The second-order valence-corrected chi connectivity index (χ2v) is 4.49. The minimum Gasteiger partial charge on any atom is -0.481 e. The van der Waals surface area contributed by atoms with Crippen LogP contribution in [-0.4, -0.2) is 34.5 Å². The fourth-order valence-corrected chi connectivity index (χ4v) is 2.78. The highest BCUT2D eigenvalue weighted by molar-refractivity contribution is 5.79. The Hall–Kier alpha value is -1.06. The van der Waals surface area contributed by atoms with Crippen LogP contribution in [0.4, 0.5) is 0 Å². The Morgan fingerprint density at radius 2 is 2.07 bits per heavy atom. The minimum absolute atomic E-state index is 0.0321. The molecule has 0 spiro atoms. The topological polar surface area (TPSA) is 57.6 Å². The Balaban J connectivity index is 2.07. The Morgan fingerprint density at radius 3 is 2.73 bits per heavy atom. The summed E-state index contributed by atoms with van der Waals surface area (Å²) >= 11 is 0. The molecule has 84 valence electrons. The molecule has 0 aromatic heterocycles. The molecule has 1 N–H and O–H groups in total. The van der Waals surface area contributed by atoms with Gasteiger partial charge in [-0.25, -0.2) is 0 Å². The van der Waals surface area contributed by atoms with Crippen LogP contribution in [0, 0.1) is 5.92 Å². The third-order valence-corrected chi connectivity index (χ3v) is 3.56. The van der Waals surface area contributed by atoms with Gasteiger partial charge in [-0.3, -0.25) is 9.59 Å². The number of carbonyl (C=O) groups excluding carboxylic acids is 1. The van der Waals surface area contributed by atoms with E-state index < -0.39 is 5.97 Å². The number of aliphatic carboxylic acids is 1. The number of carboxylic acid groups (broad SMARTS) is 1. The van der Waals surface area contributed by atoms with E-state index in [0.29, 0.717) is 6.42 Å². The van der Waals surface area contributed by atoms with Gasteiger partial charge < -0.3 is 10.0 Å². The summed E-state index contributed by atoms with van der Waals surface area (Å²) in [5.41, 5.74) is 0. The van der Waals surface area contributed by atoms with E-state index >= 15 is 0 Å². The molecule has 15 heavy (non-hydrogen) atoms. The first-order chi connectivity index (χ1) is 7.20. The first-order valence-corrected chi connectivity index (χ1v) is 5.72. The summed E-state index contributed by atoms with van der Waals surface area (Å²) < 4.78 is 0. The number of carboxylic acids is 1. The van der Waals surface area contributed by atoms with Crippen LogP contribution >= 0.6 is 0 Å². The number of rotatable bonds is 2. The van der Waals surface area contributed by atoms with Crippen LogP contribution in [0.5, 0.6) is 0 Å². The number of hydrogen-bond acceptors (Lipinski definition) is 2. The molecule has 1 aliphatic carbocycles. The lowest BCUT2D eigenvalue weighted by Crippen LogP contribution is -2.46. The predicted molar refractivity (Wildman–Crippen MR) is 54.3 cm³/mol. The van der Waals surface area contributed by atoms with Gasteiger partial charge in [-0.1, -0.05) is 6.42 Å². The zero-order valence-electron chi connectivity index (χ0n) is 8.82. The Kier molecular flexibility index (Phi) is 2.93. The first-order valence-electron chi connectivity index (χ1n) is 5.72. The van der Waals surface area contributed by atoms with E-state index in [1.807, 2.05) is 4.90 Å². The summed E-state index contributed by atoms with van der Waals surface area (Å²) in [7, 11) is 0. The van der Waals surface area contributed by atoms with E-state index in [0.717, 1.165) is 38.6 Å². The second-order valence-electron chi connectivity index (χ2n) is 4.49. The number of likely N-dealkylation sites (tertiary alicyclic amines) is 1. The van der Waals surface area contributed by atoms with Gasteiger partial charge in [-0.05, 0) is 25.7 Å². The first kappa shape index (κ1) is 10.5. The molecule has 2 atom stereocenters. The van der Waals surface area contributed by atoms with Crippen molar-refractivity contribution < 1.29 is 14.7 Å². The van der Waals surface area contributed by atoms with Crippen molar-refractivity contribution in [1.82, 2.24) is 4.90 Å². The summed E-state index contributed by atoms with van der Waals surface area (Å²) in [5, 5.41) is 9.06. The molecule has 1 saturated heterocycles. The average molecular weight is 211 g/mol. The minimum atomic E-state index is -0.740. The molecule has 1 aliphatic heterocycles. The fraction of sp³-hybridized carbons (Fsp3) is 0.818. The highest BCUT2D eigenvalue weighted by Crippen LogP contribution is 2.32. The molecular weight excluding hydrogens is 194 g/mol. The maximum atomic E-state index is 11.7. The van der Waals surface area contributed by atoms with Crippen LogP contribution in [0.2, 0.25) is 0 Å². The molecule has 0 bridgehead atoms. The van der Waals surface area contributed by atoms with Gasteiger partial charge in [0.25, 0.3) is 0 Å². The monoisotopic (exact) mass is 211 g/mol. The van der Waals surface area contributed by atoms with Crippen LogP contribution in [0.1, 0.15) is 38.5 Å². The van der Waals surface area contributed by atoms with Crippen molar-refractivity contribution in [3.8, 4) is 0 Å². The summed E-state index contributed by atoms with van der Waals surface area (Å²) in [4.78, 5) is 24.5. The Labute approximate surface area is 89.3 Å². The van der Waals surface area contributed by atoms with E-state index in [4.69, 9.17) is 5.11 Å². The number of hydrogen-bond donors (Lipinski definition) is 1. The van der Waals surface area contributed by atoms with Crippen molar-refractivity contribution in [3.63, 3.8) is 0 Å². The van der Waals surface area contributed by atoms with Crippen molar-refractivity contribution in [3.05, 3.63) is 0 Å². The quantitative estimate of drug-likeness (QED) is 0.748. The van der Waals surface area contributed by atoms with Crippen LogP contribution in [0.3, 0.4) is 0 Å². The molecule has 2 fully saturated rings. The highest BCUT2D eigenvalue weighted by atomic mass is 16.4.